The fourth-order valence-corrected chi connectivity index (χ4v) is 6.05. The average Bonchev–Trinajstić information content (AvgIpc) is 3.43. The maximum atomic E-state index is 5.96. The van der Waals surface area contributed by atoms with Crippen molar-refractivity contribution in [1.29, 1.82) is 0 Å². The largest absolute Gasteiger partial charge is 0.351 e. The molecule has 5 heteroatoms. The summed E-state index contributed by atoms with van der Waals surface area (Å²) in [5, 5.41) is 6.81. The molecule has 0 amide bonds. The Labute approximate surface area is 223 Å². The molecule has 0 radical (unpaired) electrons. The molecule has 0 bridgehead atoms. The smallest absolute Gasteiger partial charge is 0.174 e. The van der Waals surface area contributed by atoms with Gasteiger partial charge in [-0.25, -0.2) is 0 Å². The number of anilines is 1. The van der Waals surface area contributed by atoms with E-state index in [0.29, 0.717) is 0 Å². The highest BCUT2D eigenvalue weighted by Crippen LogP contribution is 2.44. The Kier molecular flexibility index (Phi) is 6.01. The van der Waals surface area contributed by atoms with Crippen LogP contribution in [0.4, 0.5) is 5.69 Å². The summed E-state index contributed by atoms with van der Waals surface area (Å²) in [5.41, 5.74) is 8.23. The summed E-state index contributed by atoms with van der Waals surface area (Å²) in [4.78, 5) is 7.00. The lowest BCUT2D eigenvalue weighted by Crippen LogP contribution is -2.29. The van der Waals surface area contributed by atoms with Crippen LogP contribution in [0.3, 0.4) is 0 Å². The number of hydrogen-bond donors (Lipinski definition) is 1. The van der Waals surface area contributed by atoms with Crippen LogP contribution in [0.5, 0.6) is 0 Å². The summed E-state index contributed by atoms with van der Waals surface area (Å²) in [5.74, 6) is 0. The summed E-state index contributed by atoms with van der Waals surface area (Å²) in [6.45, 7) is 6.59. The number of thiocarbonyl (C=S) groups is 1. The van der Waals surface area contributed by atoms with E-state index in [1.165, 1.54) is 39.0 Å². The molecular weight excluding hydrogens is 472 g/mol. The molecule has 2 aromatic heterocycles. The molecule has 37 heavy (non-hydrogen) atoms. The normalized spacial score (nSPS) is 17.4. The minimum Gasteiger partial charge on any atom is -0.351 e. The lowest BCUT2D eigenvalue weighted by atomic mass is 9.96. The second kappa shape index (κ2) is 9.49. The van der Waals surface area contributed by atoms with Crippen LogP contribution in [0.15, 0.2) is 97.2 Å². The van der Waals surface area contributed by atoms with Gasteiger partial charge in [0.05, 0.1) is 23.5 Å². The third-order valence-electron chi connectivity index (χ3n) is 7.52. The van der Waals surface area contributed by atoms with Crippen molar-refractivity contribution in [2.75, 3.05) is 4.90 Å². The van der Waals surface area contributed by atoms with Crippen molar-refractivity contribution in [2.24, 2.45) is 0 Å². The third kappa shape index (κ3) is 4.00. The van der Waals surface area contributed by atoms with E-state index >= 15 is 0 Å². The molecule has 0 saturated carbocycles. The predicted molar refractivity (Wildman–Crippen MR) is 157 cm³/mol. The number of fused-ring (bicyclic) bond motifs is 1. The molecule has 0 unspecified atom stereocenters. The molecule has 1 aliphatic rings. The van der Waals surface area contributed by atoms with Gasteiger partial charge < -0.3 is 14.8 Å². The lowest BCUT2D eigenvalue weighted by Gasteiger charge is -2.28. The SMILES string of the molecule is CCc1ccc(N2C(=S)N[C@@H](c3ccccn3)[C@H]2c2cc(C)n(-c3cccc4ccccc34)c2C)cc1. The van der Waals surface area contributed by atoms with Crippen LogP contribution in [-0.2, 0) is 6.42 Å². The highest BCUT2D eigenvalue weighted by molar-refractivity contribution is 7.80. The van der Waals surface area contributed by atoms with E-state index in [-0.39, 0.29) is 12.1 Å². The summed E-state index contributed by atoms with van der Waals surface area (Å²) in [6, 6.07) is 32.2. The van der Waals surface area contributed by atoms with Gasteiger partial charge >= 0.3 is 0 Å². The van der Waals surface area contributed by atoms with Gasteiger partial charge in [-0.2, -0.15) is 0 Å². The van der Waals surface area contributed by atoms with E-state index in [1.54, 1.807) is 0 Å². The number of nitrogens with zero attached hydrogens (tertiary/aromatic N) is 3. The van der Waals surface area contributed by atoms with Crippen molar-refractivity contribution in [1.82, 2.24) is 14.9 Å². The number of benzene rings is 3. The van der Waals surface area contributed by atoms with E-state index in [0.717, 1.165) is 22.9 Å². The van der Waals surface area contributed by atoms with Gasteiger partial charge in [0.25, 0.3) is 0 Å². The minimum absolute atomic E-state index is 0.0372. The molecule has 1 N–H and O–H groups in total. The minimum atomic E-state index is -0.0685. The van der Waals surface area contributed by atoms with Crippen molar-refractivity contribution in [3.63, 3.8) is 0 Å². The maximum Gasteiger partial charge on any atom is 0.174 e. The number of nitrogens with one attached hydrogen (secondary N) is 1. The maximum absolute atomic E-state index is 5.96. The van der Waals surface area contributed by atoms with Crippen LogP contribution in [0.2, 0.25) is 0 Å². The van der Waals surface area contributed by atoms with Crippen LogP contribution >= 0.6 is 12.2 Å². The van der Waals surface area contributed by atoms with Gasteiger partial charge in [-0.1, -0.05) is 61.5 Å². The quantitative estimate of drug-likeness (QED) is 0.254. The highest BCUT2D eigenvalue weighted by Gasteiger charge is 2.42. The molecule has 0 spiro atoms. The van der Waals surface area contributed by atoms with Crippen molar-refractivity contribution in [2.45, 2.75) is 39.3 Å². The van der Waals surface area contributed by atoms with Crippen molar-refractivity contribution >= 4 is 33.8 Å². The molecule has 0 aliphatic carbocycles. The summed E-state index contributed by atoms with van der Waals surface area (Å²) >= 11 is 5.96. The van der Waals surface area contributed by atoms with Gasteiger partial charge in [-0.3, -0.25) is 4.98 Å². The number of hydrogen-bond acceptors (Lipinski definition) is 2. The van der Waals surface area contributed by atoms with E-state index < -0.39 is 0 Å². The zero-order valence-electron chi connectivity index (χ0n) is 21.3. The van der Waals surface area contributed by atoms with E-state index in [1.807, 2.05) is 18.3 Å². The fraction of sp³-hybridized carbons (Fsp3) is 0.188. The van der Waals surface area contributed by atoms with Crippen molar-refractivity contribution < 1.29 is 0 Å². The second-order valence-corrected chi connectivity index (χ2v) is 10.1. The van der Waals surface area contributed by atoms with Gasteiger partial charge in [0, 0.05) is 28.7 Å². The molecule has 2 atom stereocenters. The molecule has 184 valence electrons. The monoisotopic (exact) mass is 502 g/mol. The summed E-state index contributed by atoms with van der Waals surface area (Å²) < 4.78 is 2.38. The first kappa shape index (κ1) is 23.4. The zero-order valence-corrected chi connectivity index (χ0v) is 22.2. The van der Waals surface area contributed by atoms with E-state index in [2.05, 4.69) is 114 Å². The molecule has 5 aromatic rings. The molecule has 3 aromatic carbocycles. The van der Waals surface area contributed by atoms with Crippen LogP contribution < -0.4 is 10.2 Å². The Bertz CT molecular complexity index is 1580. The topological polar surface area (TPSA) is 33.1 Å². The summed E-state index contributed by atoms with van der Waals surface area (Å²) in [7, 11) is 0. The molecule has 1 aliphatic heterocycles. The number of pyridine rings is 1. The number of aryl methyl sites for hydroxylation is 2. The Morgan fingerprint density at radius 1 is 0.892 bits per heavy atom. The average molecular weight is 503 g/mol. The summed E-state index contributed by atoms with van der Waals surface area (Å²) in [6.07, 6.45) is 2.87. The third-order valence-corrected chi connectivity index (χ3v) is 7.83. The first-order chi connectivity index (χ1) is 18.1. The molecule has 3 heterocycles. The first-order valence-electron chi connectivity index (χ1n) is 12.8. The first-order valence-corrected chi connectivity index (χ1v) is 13.2. The Hall–Kier alpha value is -3.96. The van der Waals surface area contributed by atoms with Crippen LogP contribution in [0, 0.1) is 13.8 Å². The predicted octanol–water partition coefficient (Wildman–Crippen LogP) is 7.38. The van der Waals surface area contributed by atoms with E-state index in [9.17, 15) is 0 Å². The van der Waals surface area contributed by atoms with Crippen molar-refractivity contribution in [3.05, 3.63) is 125 Å². The second-order valence-electron chi connectivity index (χ2n) is 9.68. The number of rotatable bonds is 5. The van der Waals surface area contributed by atoms with Gasteiger partial charge in [0.15, 0.2) is 5.11 Å². The molecule has 6 rings (SSSR count). The molecule has 1 saturated heterocycles. The Balaban J connectivity index is 1.53. The van der Waals surface area contributed by atoms with Crippen LogP contribution in [0.1, 0.15) is 47.2 Å². The Morgan fingerprint density at radius 3 is 2.41 bits per heavy atom. The zero-order chi connectivity index (χ0) is 25.5. The van der Waals surface area contributed by atoms with Crippen LogP contribution in [0.25, 0.3) is 16.5 Å². The Morgan fingerprint density at radius 2 is 1.65 bits per heavy atom. The number of aromatic nitrogens is 2. The fourth-order valence-electron chi connectivity index (χ4n) is 5.70. The highest BCUT2D eigenvalue weighted by atomic mass is 32.1. The van der Waals surface area contributed by atoms with Crippen molar-refractivity contribution in [3.8, 4) is 5.69 Å². The van der Waals surface area contributed by atoms with E-state index in [4.69, 9.17) is 17.2 Å². The van der Waals surface area contributed by atoms with Gasteiger partial charge in [0.1, 0.15) is 0 Å². The van der Waals surface area contributed by atoms with Gasteiger partial charge in [-0.15, -0.1) is 0 Å². The lowest BCUT2D eigenvalue weighted by molar-refractivity contribution is 0.565. The molecule has 4 nitrogen and oxygen atoms in total. The molecular formula is C32H30N4S. The van der Waals surface area contributed by atoms with Crippen LogP contribution in [-0.4, -0.2) is 14.7 Å². The van der Waals surface area contributed by atoms with Gasteiger partial charge in [0.2, 0.25) is 0 Å². The standard InChI is InChI=1S/C32H30N4S/c1-4-23-15-17-25(18-16-23)36-31(30(34-32(36)37)28-13-7-8-19-33-28)27-20-21(2)35(22(27)3)29-14-9-11-24-10-5-6-12-26(24)29/h5-20,30-31H,4H2,1-3H3,(H,34,37)/t30-,31+/m0/s1. The van der Waals surface area contributed by atoms with Gasteiger partial charge in [-0.05, 0) is 85.4 Å². The molecule has 1 fully saturated rings.